The molecule has 0 spiro atoms. The maximum atomic E-state index is 9.23. The van der Waals surface area contributed by atoms with E-state index >= 15 is 0 Å². The number of hydrogen-bond acceptors (Lipinski definition) is 6. The average molecular weight is 252 g/mol. The predicted molar refractivity (Wildman–Crippen MR) is 69.5 cm³/mol. The van der Waals surface area contributed by atoms with Crippen molar-refractivity contribution in [2.24, 2.45) is 5.92 Å². The van der Waals surface area contributed by atoms with E-state index in [4.69, 9.17) is 4.74 Å². The quantitative estimate of drug-likeness (QED) is 0.696. The number of ether oxygens (including phenoxy) is 1. The lowest BCUT2D eigenvalue weighted by molar-refractivity contribution is 0.0486. The molecule has 2 rings (SSSR count). The molecule has 1 saturated carbocycles. The normalized spacial score (nSPS) is 22.4. The third kappa shape index (κ3) is 3.30. The second-order valence-electron chi connectivity index (χ2n) is 4.61. The first-order valence-electron chi connectivity index (χ1n) is 6.18. The van der Waals surface area contributed by atoms with Crippen LogP contribution in [-0.2, 0) is 11.3 Å². The Morgan fingerprint density at radius 1 is 1.39 bits per heavy atom. The van der Waals surface area contributed by atoms with E-state index in [-0.39, 0.29) is 6.10 Å². The molecule has 100 valence electrons. The summed E-state index contributed by atoms with van der Waals surface area (Å²) in [7, 11) is 3.45. The Bertz CT molecular complexity index is 394. The number of methoxy groups -OCH3 is 1. The van der Waals surface area contributed by atoms with Crippen LogP contribution in [-0.4, -0.2) is 41.9 Å². The second kappa shape index (κ2) is 5.97. The van der Waals surface area contributed by atoms with E-state index in [1.165, 1.54) is 0 Å². The molecule has 1 aromatic rings. The number of aromatic nitrogens is 2. The van der Waals surface area contributed by atoms with Gasteiger partial charge in [0.25, 0.3) is 0 Å². The lowest BCUT2D eigenvalue weighted by Gasteiger charge is -2.31. The van der Waals surface area contributed by atoms with Crippen molar-refractivity contribution in [3.8, 4) is 0 Å². The van der Waals surface area contributed by atoms with E-state index in [0.29, 0.717) is 18.3 Å². The van der Waals surface area contributed by atoms with E-state index in [1.807, 2.05) is 13.1 Å². The van der Waals surface area contributed by atoms with Crippen LogP contribution in [0.2, 0.25) is 0 Å². The molecule has 0 bridgehead atoms. The molecular formula is C12H20N4O2. The fourth-order valence-corrected chi connectivity index (χ4v) is 2.03. The molecule has 6 nitrogen and oxygen atoms in total. The van der Waals surface area contributed by atoms with Crippen molar-refractivity contribution in [2.45, 2.75) is 25.6 Å². The Labute approximate surface area is 107 Å². The summed E-state index contributed by atoms with van der Waals surface area (Å²) >= 11 is 0. The number of nitrogens with zero attached hydrogens (tertiary/aromatic N) is 2. The van der Waals surface area contributed by atoms with Crippen molar-refractivity contribution < 1.29 is 9.84 Å². The van der Waals surface area contributed by atoms with E-state index in [1.54, 1.807) is 7.11 Å². The Hall–Kier alpha value is -1.40. The Balaban J connectivity index is 1.95. The topological polar surface area (TPSA) is 79.3 Å². The van der Waals surface area contributed by atoms with Crippen LogP contribution in [0.1, 0.15) is 18.7 Å². The molecule has 0 amide bonds. The van der Waals surface area contributed by atoms with Gasteiger partial charge in [-0.25, -0.2) is 9.97 Å². The fourth-order valence-electron chi connectivity index (χ4n) is 2.03. The molecule has 0 aromatic carbocycles. The summed E-state index contributed by atoms with van der Waals surface area (Å²) in [5.41, 5.74) is 0. The van der Waals surface area contributed by atoms with Gasteiger partial charge in [0.1, 0.15) is 18.2 Å². The van der Waals surface area contributed by atoms with Crippen LogP contribution in [0.5, 0.6) is 0 Å². The molecule has 6 heteroatoms. The Kier molecular flexibility index (Phi) is 4.33. The highest BCUT2D eigenvalue weighted by molar-refractivity contribution is 5.47. The number of anilines is 2. The molecule has 1 aliphatic rings. The van der Waals surface area contributed by atoms with Crippen LogP contribution in [0.4, 0.5) is 11.6 Å². The van der Waals surface area contributed by atoms with E-state index < -0.39 is 0 Å². The molecule has 0 unspecified atom stereocenters. The minimum Gasteiger partial charge on any atom is -0.393 e. The van der Waals surface area contributed by atoms with Crippen LogP contribution in [0.15, 0.2) is 6.07 Å². The summed E-state index contributed by atoms with van der Waals surface area (Å²) in [6, 6.07) is 1.87. The number of nitrogens with one attached hydrogen (secondary N) is 2. The lowest BCUT2D eigenvalue weighted by atomic mass is 9.82. The molecule has 1 aromatic heterocycles. The molecule has 0 radical (unpaired) electrons. The summed E-state index contributed by atoms with van der Waals surface area (Å²) in [5, 5.41) is 15.5. The predicted octanol–water partition coefficient (Wildman–Crippen LogP) is 0.847. The first kappa shape index (κ1) is 13.0. The van der Waals surface area contributed by atoms with Gasteiger partial charge in [0.05, 0.1) is 6.10 Å². The maximum absolute atomic E-state index is 9.23. The van der Waals surface area contributed by atoms with E-state index in [0.717, 1.165) is 31.0 Å². The highest BCUT2D eigenvalue weighted by Gasteiger charge is 2.26. The summed E-state index contributed by atoms with van der Waals surface area (Å²) in [6.07, 6.45) is 1.64. The van der Waals surface area contributed by atoms with Crippen molar-refractivity contribution in [1.82, 2.24) is 9.97 Å². The molecule has 0 atom stereocenters. The van der Waals surface area contributed by atoms with Crippen molar-refractivity contribution in [3.63, 3.8) is 0 Å². The van der Waals surface area contributed by atoms with Gasteiger partial charge in [-0.1, -0.05) is 0 Å². The number of hydrogen-bond donors (Lipinski definition) is 3. The van der Waals surface area contributed by atoms with Crippen LogP contribution in [0.3, 0.4) is 0 Å². The van der Waals surface area contributed by atoms with Crippen LogP contribution in [0.25, 0.3) is 0 Å². The highest BCUT2D eigenvalue weighted by atomic mass is 16.5. The smallest absolute Gasteiger partial charge is 0.158 e. The molecule has 0 aliphatic heterocycles. The molecule has 1 heterocycles. The number of rotatable bonds is 6. The van der Waals surface area contributed by atoms with E-state index in [2.05, 4.69) is 20.6 Å². The van der Waals surface area contributed by atoms with Gasteiger partial charge in [-0.3, -0.25) is 0 Å². The van der Waals surface area contributed by atoms with Gasteiger partial charge in [-0.05, 0) is 18.8 Å². The maximum Gasteiger partial charge on any atom is 0.158 e. The van der Waals surface area contributed by atoms with Crippen molar-refractivity contribution >= 4 is 11.6 Å². The van der Waals surface area contributed by atoms with Crippen LogP contribution < -0.4 is 10.6 Å². The zero-order chi connectivity index (χ0) is 13.0. The minimum absolute atomic E-state index is 0.112. The van der Waals surface area contributed by atoms with Crippen molar-refractivity contribution in [3.05, 3.63) is 11.9 Å². The Morgan fingerprint density at radius 3 is 2.72 bits per heavy atom. The van der Waals surface area contributed by atoms with Gasteiger partial charge in [0, 0.05) is 26.8 Å². The zero-order valence-corrected chi connectivity index (χ0v) is 10.8. The number of aliphatic hydroxyl groups excluding tert-OH is 1. The van der Waals surface area contributed by atoms with Gasteiger partial charge in [0.2, 0.25) is 0 Å². The van der Waals surface area contributed by atoms with Crippen LogP contribution >= 0.6 is 0 Å². The molecule has 1 aliphatic carbocycles. The standard InChI is InChI=1S/C12H20N4O2/c1-13-10-5-11(16-12(15-10)7-18-2)14-6-8-3-9(17)4-8/h5,8-9,17H,3-4,6-7H2,1-2H3,(H2,13,14,15,16). The second-order valence-corrected chi connectivity index (χ2v) is 4.61. The first-order chi connectivity index (χ1) is 8.71. The first-order valence-corrected chi connectivity index (χ1v) is 6.18. The van der Waals surface area contributed by atoms with Gasteiger partial charge >= 0.3 is 0 Å². The molecule has 1 fully saturated rings. The van der Waals surface area contributed by atoms with Gasteiger partial charge in [0.15, 0.2) is 5.82 Å². The van der Waals surface area contributed by atoms with Gasteiger partial charge in [-0.2, -0.15) is 0 Å². The van der Waals surface area contributed by atoms with Crippen LogP contribution in [0, 0.1) is 5.92 Å². The average Bonchev–Trinajstić information content (AvgIpc) is 2.33. The van der Waals surface area contributed by atoms with Gasteiger partial charge in [-0.15, -0.1) is 0 Å². The SMILES string of the molecule is CNc1cc(NCC2CC(O)C2)nc(COC)n1. The summed E-state index contributed by atoms with van der Waals surface area (Å²) < 4.78 is 5.04. The number of aliphatic hydroxyl groups is 1. The summed E-state index contributed by atoms with van der Waals surface area (Å²) in [4.78, 5) is 8.66. The monoisotopic (exact) mass is 252 g/mol. The zero-order valence-electron chi connectivity index (χ0n) is 10.8. The fraction of sp³-hybridized carbons (Fsp3) is 0.667. The third-order valence-corrected chi connectivity index (χ3v) is 3.08. The minimum atomic E-state index is -0.112. The largest absolute Gasteiger partial charge is 0.393 e. The lowest BCUT2D eigenvalue weighted by Crippen LogP contribution is -2.33. The van der Waals surface area contributed by atoms with Crippen molar-refractivity contribution in [2.75, 3.05) is 31.3 Å². The molecule has 0 saturated heterocycles. The highest BCUT2D eigenvalue weighted by Crippen LogP contribution is 2.27. The van der Waals surface area contributed by atoms with Crippen molar-refractivity contribution in [1.29, 1.82) is 0 Å². The van der Waals surface area contributed by atoms with E-state index in [9.17, 15) is 5.11 Å². The third-order valence-electron chi connectivity index (χ3n) is 3.08. The Morgan fingerprint density at radius 2 is 2.11 bits per heavy atom. The summed E-state index contributed by atoms with van der Waals surface area (Å²) in [5.74, 6) is 2.76. The summed E-state index contributed by atoms with van der Waals surface area (Å²) in [6.45, 7) is 1.23. The molecule has 18 heavy (non-hydrogen) atoms. The van der Waals surface area contributed by atoms with Gasteiger partial charge < -0.3 is 20.5 Å². The molecule has 3 N–H and O–H groups in total. The molecular weight excluding hydrogens is 232 g/mol.